The van der Waals surface area contributed by atoms with Gasteiger partial charge in [0.15, 0.2) is 11.4 Å². The molecular weight excluding hydrogens is 486 g/mol. The maximum atomic E-state index is 12.1. The third-order valence-corrected chi connectivity index (χ3v) is 7.34. The average molecular weight is 506 g/mol. The number of halogens is 1. The van der Waals surface area contributed by atoms with Crippen LogP contribution in [0.15, 0.2) is 40.6 Å². The Morgan fingerprint density at radius 2 is 2.18 bits per heavy atom. The summed E-state index contributed by atoms with van der Waals surface area (Å²) in [4.78, 5) is 19.7. The van der Waals surface area contributed by atoms with E-state index in [1.54, 1.807) is 24.4 Å². The summed E-state index contributed by atoms with van der Waals surface area (Å²) < 4.78 is 26.5. The van der Waals surface area contributed by atoms with E-state index in [0.29, 0.717) is 57.6 Å². The number of hydrogen-bond donors (Lipinski definition) is 2. The van der Waals surface area contributed by atoms with Crippen molar-refractivity contribution in [2.75, 3.05) is 24.2 Å². The van der Waals surface area contributed by atoms with Crippen LogP contribution < -0.4 is 14.4 Å². The first kappa shape index (κ1) is 22.1. The number of nitrogens with zero attached hydrogens (tertiary/aromatic N) is 5. The third kappa shape index (κ3) is 4.31. The molecule has 0 aliphatic carbocycles. The summed E-state index contributed by atoms with van der Waals surface area (Å²) in [6.07, 6.45) is 4.95. The molecular formula is C20H20ClN7O3S2. The van der Waals surface area contributed by atoms with Gasteiger partial charge in [0, 0.05) is 42.0 Å². The summed E-state index contributed by atoms with van der Waals surface area (Å²) in [5.41, 5.74) is 2.52. The summed E-state index contributed by atoms with van der Waals surface area (Å²) in [5.74, 6) is 0.641. The predicted octanol–water partition coefficient (Wildman–Crippen LogP) is 2.24. The minimum atomic E-state index is -3.29. The van der Waals surface area contributed by atoms with Crippen molar-refractivity contribution >= 4 is 61.3 Å². The highest BCUT2D eigenvalue weighted by Gasteiger charge is 2.33. The molecule has 0 amide bonds. The van der Waals surface area contributed by atoms with Gasteiger partial charge < -0.3 is 15.1 Å². The molecule has 1 saturated heterocycles. The largest absolute Gasteiger partial charge is 0.618 e. The average Bonchev–Trinajstić information content (AvgIpc) is 3.05. The van der Waals surface area contributed by atoms with Crippen molar-refractivity contribution in [2.24, 2.45) is 0 Å². The lowest BCUT2D eigenvalue weighted by molar-refractivity contribution is -0.577. The Morgan fingerprint density at radius 3 is 2.91 bits per heavy atom. The zero-order valence-corrected chi connectivity index (χ0v) is 20.1. The highest BCUT2D eigenvalue weighted by molar-refractivity contribution is 7.99. The minimum Gasteiger partial charge on any atom is -0.618 e. The van der Waals surface area contributed by atoms with E-state index in [-0.39, 0.29) is 6.04 Å². The maximum absolute atomic E-state index is 12.1. The number of hydrogen-bond acceptors (Lipinski definition) is 8. The number of fused-ring (bicyclic) bond motifs is 2. The molecule has 0 spiro atoms. The van der Waals surface area contributed by atoms with Gasteiger partial charge in [-0.3, -0.25) is 0 Å². The van der Waals surface area contributed by atoms with E-state index in [0.717, 1.165) is 21.6 Å². The van der Waals surface area contributed by atoms with Gasteiger partial charge in [-0.05, 0) is 24.2 Å². The molecule has 2 N–H and O–H groups in total. The first-order chi connectivity index (χ1) is 15.7. The standard InChI is InChI=1S/C20H20ClN7O3S2/c1-3-13-17(21)16-18(23-13)24-20(25-19(16)27-9-11(10-27)26-33(2,30)31)32-12-7-15-14(22-8-12)5-4-6-28(15)29/h4-8,11,26H,3,9-10H2,1-2H3,(H,23,24,25). The van der Waals surface area contributed by atoms with Gasteiger partial charge in [-0.1, -0.05) is 18.5 Å². The predicted molar refractivity (Wildman–Crippen MR) is 127 cm³/mol. The molecule has 0 unspecified atom stereocenters. The van der Waals surface area contributed by atoms with Crippen LogP contribution in [0.5, 0.6) is 0 Å². The Hall–Kier alpha value is -2.67. The highest BCUT2D eigenvalue weighted by Crippen LogP contribution is 2.38. The lowest BCUT2D eigenvalue weighted by atomic mass is 10.1. The molecule has 4 aromatic heterocycles. The zero-order valence-electron chi connectivity index (χ0n) is 17.7. The number of H-pyrrole nitrogens is 1. The summed E-state index contributed by atoms with van der Waals surface area (Å²) in [7, 11) is -3.29. The number of aromatic amines is 1. The monoisotopic (exact) mass is 505 g/mol. The Kier molecular flexibility index (Phi) is 5.55. The Bertz CT molecular complexity index is 1490. The van der Waals surface area contributed by atoms with Crippen LogP contribution in [-0.2, 0) is 16.4 Å². The highest BCUT2D eigenvalue weighted by atomic mass is 35.5. The van der Waals surface area contributed by atoms with Gasteiger partial charge in [0.1, 0.15) is 17.0 Å². The Labute approximate surface area is 199 Å². The fraction of sp³-hybridized carbons (Fsp3) is 0.300. The number of aryl methyl sites for hydroxylation is 1. The molecule has 1 aliphatic rings. The van der Waals surface area contributed by atoms with E-state index >= 15 is 0 Å². The van der Waals surface area contributed by atoms with Gasteiger partial charge in [-0.2, -0.15) is 4.73 Å². The van der Waals surface area contributed by atoms with E-state index in [1.165, 1.54) is 18.0 Å². The molecule has 1 aliphatic heterocycles. The van der Waals surface area contributed by atoms with Crippen molar-refractivity contribution in [1.29, 1.82) is 0 Å². The number of pyridine rings is 2. The van der Waals surface area contributed by atoms with E-state index in [9.17, 15) is 13.6 Å². The number of rotatable bonds is 6. The minimum absolute atomic E-state index is 0.193. The van der Waals surface area contributed by atoms with Crippen molar-refractivity contribution < 1.29 is 13.1 Å². The first-order valence-electron chi connectivity index (χ1n) is 10.2. The van der Waals surface area contributed by atoms with Crippen molar-refractivity contribution in [3.63, 3.8) is 0 Å². The van der Waals surface area contributed by atoms with E-state index < -0.39 is 10.0 Å². The molecule has 0 aromatic carbocycles. The molecule has 13 heteroatoms. The summed E-state index contributed by atoms with van der Waals surface area (Å²) >= 11 is 7.91. The van der Waals surface area contributed by atoms with E-state index in [4.69, 9.17) is 16.6 Å². The zero-order chi connectivity index (χ0) is 23.3. The van der Waals surface area contributed by atoms with Gasteiger partial charge in [0.2, 0.25) is 15.5 Å². The molecule has 172 valence electrons. The Morgan fingerprint density at radius 1 is 1.39 bits per heavy atom. The van der Waals surface area contributed by atoms with Crippen molar-refractivity contribution in [1.82, 2.24) is 24.7 Å². The van der Waals surface area contributed by atoms with Crippen LogP contribution in [0.2, 0.25) is 5.02 Å². The summed E-state index contributed by atoms with van der Waals surface area (Å²) in [6, 6.07) is 4.98. The number of aromatic nitrogens is 5. The number of sulfonamides is 1. The van der Waals surface area contributed by atoms with Crippen molar-refractivity contribution in [3.8, 4) is 0 Å². The van der Waals surface area contributed by atoms with Crippen LogP contribution >= 0.6 is 23.4 Å². The van der Waals surface area contributed by atoms with Crippen LogP contribution in [0.1, 0.15) is 12.6 Å². The molecule has 10 nitrogen and oxygen atoms in total. The second kappa shape index (κ2) is 8.28. The fourth-order valence-electron chi connectivity index (χ4n) is 3.82. The fourth-order valence-corrected chi connectivity index (χ4v) is 5.69. The van der Waals surface area contributed by atoms with E-state index in [2.05, 4.69) is 19.7 Å². The molecule has 0 atom stereocenters. The third-order valence-electron chi connectivity index (χ3n) is 5.33. The van der Waals surface area contributed by atoms with Crippen LogP contribution in [-0.4, -0.2) is 53.7 Å². The van der Waals surface area contributed by atoms with Crippen molar-refractivity contribution in [2.45, 2.75) is 29.4 Å². The molecule has 0 bridgehead atoms. The van der Waals surface area contributed by atoms with Gasteiger partial charge >= 0.3 is 0 Å². The van der Waals surface area contributed by atoms with Crippen LogP contribution in [0.4, 0.5) is 5.82 Å². The molecule has 4 aromatic rings. The molecule has 1 fully saturated rings. The van der Waals surface area contributed by atoms with Crippen LogP contribution in [0.25, 0.3) is 22.1 Å². The molecule has 5 rings (SSSR count). The molecule has 0 saturated carbocycles. The van der Waals surface area contributed by atoms with Gasteiger partial charge in [0.05, 0.1) is 22.7 Å². The lowest BCUT2D eigenvalue weighted by Gasteiger charge is -2.40. The normalized spacial score (nSPS) is 14.8. The van der Waals surface area contributed by atoms with Crippen LogP contribution in [0.3, 0.4) is 0 Å². The maximum Gasteiger partial charge on any atom is 0.243 e. The topological polar surface area (TPSA) is 131 Å². The number of anilines is 1. The summed E-state index contributed by atoms with van der Waals surface area (Å²) in [6.45, 7) is 2.94. The smallest absolute Gasteiger partial charge is 0.243 e. The first-order valence-corrected chi connectivity index (χ1v) is 13.3. The molecule has 33 heavy (non-hydrogen) atoms. The van der Waals surface area contributed by atoms with Gasteiger partial charge in [-0.25, -0.2) is 28.1 Å². The van der Waals surface area contributed by atoms with Crippen molar-refractivity contribution in [3.05, 3.63) is 46.5 Å². The Balaban J connectivity index is 1.52. The quantitative estimate of drug-likeness (QED) is 0.232. The lowest BCUT2D eigenvalue weighted by Crippen LogP contribution is -2.59. The number of nitrogens with one attached hydrogen (secondary N) is 2. The SMILES string of the molecule is CCc1[nH]c2nc(Sc3cnc4ccc[n+]([O-])c4c3)nc(N3CC(NS(C)(=O)=O)C3)c2c1Cl. The van der Waals surface area contributed by atoms with Crippen LogP contribution in [0, 0.1) is 5.21 Å². The van der Waals surface area contributed by atoms with E-state index in [1.807, 2.05) is 11.8 Å². The second-order valence-electron chi connectivity index (χ2n) is 7.83. The molecule has 5 heterocycles. The van der Waals surface area contributed by atoms with Gasteiger partial charge in [0.25, 0.3) is 0 Å². The second-order valence-corrected chi connectivity index (χ2v) is 11.0. The summed E-state index contributed by atoms with van der Waals surface area (Å²) in [5, 5.41) is 13.9. The van der Waals surface area contributed by atoms with Gasteiger partial charge in [-0.15, -0.1) is 0 Å². The molecule has 0 radical (unpaired) electrons.